The van der Waals surface area contributed by atoms with Crippen molar-refractivity contribution in [3.05, 3.63) is 78.4 Å². The molecule has 0 saturated carbocycles. The number of hydrogen-bond acceptors (Lipinski definition) is 17. The number of esters is 2. The van der Waals surface area contributed by atoms with Crippen LogP contribution in [0, 0.1) is 0 Å². The van der Waals surface area contributed by atoms with Gasteiger partial charge in [0.15, 0.2) is 0 Å². The third-order valence-corrected chi connectivity index (χ3v) is 8.90. The number of phenolic OH excluding ortho intramolecular Hbond substituents is 3. The normalized spacial score (nSPS) is 27.8. The van der Waals surface area contributed by atoms with Crippen LogP contribution in [0.5, 0.6) is 28.7 Å². The third kappa shape index (κ3) is 9.10. The number of carbonyl (C=O) groups excluding carboxylic acids is 2. The molecule has 2 fully saturated rings. The first-order valence-corrected chi connectivity index (χ1v) is 17.1. The second kappa shape index (κ2) is 17.1. The molecule has 3 aromatic carbocycles. The lowest BCUT2D eigenvalue weighted by Crippen LogP contribution is -2.60. The maximum absolute atomic E-state index is 12.5. The van der Waals surface area contributed by atoms with E-state index in [9.17, 15) is 55.5 Å². The number of carbonyl (C=O) groups is 2. The topological polar surface area (TPSA) is 283 Å². The number of aliphatic hydroxyl groups is 6. The van der Waals surface area contributed by atoms with Gasteiger partial charge in [-0.1, -0.05) is 12.1 Å². The molecule has 0 amide bonds. The smallest absolute Gasteiger partial charge is 0.402 e. The minimum absolute atomic E-state index is 0.0368. The first-order valence-electron chi connectivity index (χ1n) is 17.1. The third-order valence-electron chi connectivity index (χ3n) is 8.90. The molecular weight excluding hydrogens is 744 g/mol. The molecule has 3 heterocycles. The van der Waals surface area contributed by atoms with Crippen molar-refractivity contribution in [2.75, 3.05) is 13.2 Å². The summed E-state index contributed by atoms with van der Waals surface area (Å²) in [5.41, 5.74) is 0.847. The second-order valence-electron chi connectivity index (χ2n) is 13.0. The Labute approximate surface area is 317 Å². The highest BCUT2D eigenvalue weighted by molar-refractivity contribution is 5.89. The monoisotopic (exact) mass is 783 g/mol. The predicted molar refractivity (Wildman–Crippen MR) is 189 cm³/mol. The Hall–Kier alpha value is -5.57. The number of ether oxygens (including phenoxy) is 6. The molecule has 0 spiro atoms. The van der Waals surface area contributed by atoms with Crippen LogP contribution in [0.4, 0.5) is 0 Å². The number of phenols is 3. The lowest BCUT2D eigenvalue weighted by molar-refractivity contribution is -0.278. The summed E-state index contributed by atoms with van der Waals surface area (Å²) < 4.78 is 39.6. The molecule has 6 rings (SSSR count). The number of aromatic hydroxyl groups is 3. The summed E-state index contributed by atoms with van der Waals surface area (Å²) in [7, 11) is 0. The van der Waals surface area contributed by atoms with E-state index in [0.29, 0.717) is 11.1 Å². The SMILES string of the molecule is CC(=O)OCC1O[C@@H](Oc2cc(O)cc3[o+]c(-c4ccc(O)cc4)c(O[C@@H]4OC(COC(=O)/C=C/c5ccc(O)cc5)[C@H](O)C(O)C4O)cc23)C(O)[C@@H](O)[C@@H]1O. The fourth-order valence-electron chi connectivity index (χ4n) is 5.88. The van der Waals surface area contributed by atoms with Crippen molar-refractivity contribution in [3.63, 3.8) is 0 Å². The summed E-state index contributed by atoms with van der Waals surface area (Å²) in [6.07, 6.45) is -14.4. The van der Waals surface area contributed by atoms with Crippen LogP contribution in [0.25, 0.3) is 28.4 Å². The van der Waals surface area contributed by atoms with E-state index in [2.05, 4.69) is 0 Å². The Kier molecular flexibility index (Phi) is 12.2. The molecule has 4 aromatic rings. The zero-order valence-corrected chi connectivity index (χ0v) is 29.4. The summed E-state index contributed by atoms with van der Waals surface area (Å²) >= 11 is 0. The van der Waals surface area contributed by atoms with Crippen LogP contribution >= 0.6 is 0 Å². The van der Waals surface area contributed by atoms with Crippen LogP contribution in [-0.4, -0.2) is 133 Å². The minimum atomic E-state index is -1.88. The Morgan fingerprint density at radius 2 is 1.20 bits per heavy atom. The van der Waals surface area contributed by atoms with E-state index in [4.69, 9.17) is 32.8 Å². The second-order valence-corrected chi connectivity index (χ2v) is 13.0. The van der Waals surface area contributed by atoms with E-state index in [1.807, 2.05) is 0 Å². The predicted octanol–water partition coefficient (Wildman–Crippen LogP) is 0.690. The molecule has 2 aliphatic rings. The average molecular weight is 784 g/mol. The van der Waals surface area contributed by atoms with Crippen molar-refractivity contribution in [1.29, 1.82) is 0 Å². The number of hydrogen-bond donors (Lipinski definition) is 9. The van der Waals surface area contributed by atoms with E-state index >= 15 is 0 Å². The molecule has 2 aliphatic heterocycles. The van der Waals surface area contributed by atoms with Gasteiger partial charge in [-0.25, -0.2) is 9.21 Å². The first-order chi connectivity index (χ1) is 26.7. The molecule has 5 unspecified atom stereocenters. The fourth-order valence-corrected chi connectivity index (χ4v) is 5.88. The van der Waals surface area contributed by atoms with Gasteiger partial charge in [-0.2, -0.15) is 0 Å². The number of rotatable bonds is 11. The van der Waals surface area contributed by atoms with E-state index in [0.717, 1.165) is 19.1 Å². The van der Waals surface area contributed by atoms with Gasteiger partial charge in [0.25, 0.3) is 0 Å². The minimum Gasteiger partial charge on any atom is -0.508 e. The van der Waals surface area contributed by atoms with Gasteiger partial charge in [0, 0.05) is 25.1 Å². The summed E-state index contributed by atoms with van der Waals surface area (Å²) in [4.78, 5) is 23.8. The average Bonchev–Trinajstić information content (AvgIpc) is 3.17. The van der Waals surface area contributed by atoms with Crippen molar-refractivity contribution in [2.45, 2.75) is 68.3 Å². The van der Waals surface area contributed by atoms with Crippen LogP contribution < -0.4 is 9.47 Å². The summed E-state index contributed by atoms with van der Waals surface area (Å²) in [6, 6.07) is 15.2. The van der Waals surface area contributed by atoms with Crippen molar-refractivity contribution in [2.24, 2.45) is 0 Å². The maximum atomic E-state index is 12.5. The molecule has 18 heteroatoms. The van der Waals surface area contributed by atoms with Crippen LogP contribution in [0.2, 0.25) is 0 Å². The Morgan fingerprint density at radius 1 is 0.661 bits per heavy atom. The molecule has 10 atom stereocenters. The van der Waals surface area contributed by atoms with Crippen molar-refractivity contribution in [1.82, 2.24) is 0 Å². The first kappa shape index (κ1) is 40.1. The molecule has 298 valence electrons. The van der Waals surface area contributed by atoms with Gasteiger partial charge in [-0.3, -0.25) is 4.79 Å². The van der Waals surface area contributed by atoms with E-state index in [-0.39, 0.29) is 45.5 Å². The molecule has 1 aromatic heterocycles. The lowest BCUT2D eigenvalue weighted by Gasteiger charge is -2.40. The van der Waals surface area contributed by atoms with Gasteiger partial charge >= 0.3 is 23.3 Å². The Bertz CT molecular complexity index is 2040. The summed E-state index contributed by atoms with van der Waals surface area (Å²) in [5, 5.41) is 94.1. The van der Waals surface area contributed by atoms with Gasteiger partial charge in [-0.05, 0) is 48.0 Å². The highest BCUT2D eigenvalue weighted by Crippen LogP contribution is 2.42. The Morgan fingerprint density at radius 3 is 1.77 bits per heavy atom. The zero-order valence-electron chi connectivity index (χ0n) is 29.4. The molecule has 0 radical (unpaired) electrons. The number of aliphatic hydroxyl groups excluding tert-OH is 6. The van der Waals surface area contributed by atoms with E-state index in [1.54, 1.807) is 12.1 Å². The molecule has 18 nitrogen and oxygen atoms in total. The zero-order chi connectivity index (χ0) is 40.3. The molecule has 9 N–H and O–H groups in total. The van der Waals surface area contributed by atoms with Crippen LogP contribution in [-0.2, 0) is 28.5 Å². The largest absolute Gasteiger partial charge is 0.508 e. The van der Waals surface area contributed by atoms with Crippen molar-refractivity contribution < 1.29 is 88.4 Å². The molecule has 56 heavy (non-hydrogen) atoms. The van der Waals surface area contributed by atoms with Crippen LogP contribution in [0.15, 0.2) is 77.2 Å². The summed E-state index contributed by atoms with van der Waals surface area (Å²) in [5.74, 6) is -2.43. The highest BCUT2D eigenvalue weighted by Gasteiger charge is 2.47. The van der Waals surface area contributed by atoms with Gasteiger partial charge in [0.2, 0.25) is 18.3 Å². The molecule has 0 aliphatic carbocycles. The fraction of sp³-hybridized carbons (Fsp3) is 0.342. The van der Waals surface area contributed by atoms with Gasteiger partial charge in [0.05, 0.1) is 11.6 Å². The quantitative estimate of drug-likeness (QED) is 0.0575. The molecule has 2 saturated heterocycles. The van der Waals surface area contributed by atoms with Gasteiger partial charge in [0.1, 0.15) is 90.4 Å². The highest BCUT2D eigenvalue weighted by atomic mass is 16.7. The number of fused-ring (bicyclic) bond motifs is 1. The maximum Gasteiger partial charge on any atom is 0.402 e. The number of benzene rings is 3. The molecule has 0 bridgehead atoms. The van der Waals surface area contributed by atoms with E-state index < -0.39 is 86.6 Å². The van der Waals surface area contributed by atoms with E-state index in [1.165, 1.54) is 54.6 Å². The van der Waals surface area contributed by atoms with Crippen LogP contribution in [0.3, 0.4) is 0 Å². The Balaban J connectivity index is 1.29. The molecular formula is C38H39O18+. The van der Waals surface area contributed by atoms with Gasteiger partial charge in [-0.15, -0.1) is 0 Å². The van der Waals surface area contributed by atoms with Crippen LogP contribution in [0.1, 0.15) is 12.5 Å². The lowest BCUT2D eigenvalue weighted by atomic mass is 9.99. The van der Waals surface area contributed by atoms with Gasteiger partial charge < -0.3 is 74.4 Å². The van der Waals surface area contributed by atoms with Crippen molar-refractivity contribution in [3.8, 4) is 40.1 Å². The summed E-state index contributed by atoms with van der Waals surface area (Å²) in [6.45, 7) is 0.0418. The standard InChI is InChI=1S/C38H38O18/c1-17(39)50-15-27-30(44)32(46)34(48)37(55-27)53-25-13-22(42)12-24-23(25)14-26(36(52-24)19-5-9-21(41)10-6-19)54-38-35(49)33(47)31(45)28(56-38)16-51-29(43)11-4-18-2-7-20(40)8-3-18/h2-14,27-28,30-35,37-38,44-49H,15-16H2,1H3,(H2-,40,41,42,43)/p+1/t27?,28?,30-,31+,32+,33?,34?,35?,37-,38-/m1/s1. The van der Waals surface area contributed by atoms with Crippen molar-refractivity contribution >= 4 is 29.0 Å².